The second-order valence-electron chi connectivity index (χ2n) is 7.85. The van der Waals surface area contributed by atoms with Crippen LogP contribution in [-0.2, 0) is 0 Å². The van der Waals surface area contributed by atoms with Crippen molar-refractivity contribution >= 4 is 27.6 Å². The van der Waals surface area contributed by atoms with E-state index in [0.29, 0.717) is 17.4 Å². The maximum Gasteiger partial charge on any atom is 0.226 e. The molecule has 0 bridgehead atoms. The molecule has 1 N–H and O–H groups in total. The number of nitrogens with zero attached hydrogens (tertiary/aromatic N) is 3. The Labute approximate surface area is 197 Å². The first-order chi connectivity index (χ1) is 16.1. The Kier molecular flexibility index (Phi) is 4.69. The fourth-order valence-electron chi connectivity index (χ4n) is 4.45. The van der Waals surface area contributed by atoms with Crippen LogP contribution in [0.4, 0.5) is 10.3 Å². The summed E-state index contributed by atoms with van der Waals surface area (Å²) in [6.07, 6.45) is 1.11. The van der Waals surface area contributed by atoms with Crippen LogP contribution < -0.4 is 14.8 Å². The smallest absolute Gasteiger partial charge is 0.226 e. The van der Waals surface area contributed by atoms with Crippen molar-refractivity contribution in [3.8, 4) is 11.5 Å². The van der Waals surface area contributed by atoms with Crippen molar-refractivity contribution < 1.29 is 13.9 Å². The third-order valence-corrected chi connectivity index (χ3v) is 6.51. The van der Waals surface area contributed by atoms with Gasteiger partial charge in [0.1, 0.15) is 35.8 Å². The summed E-state index contributed by atoms with van der Waals surface area (Å²) >= 11 is 3.51. The summed E-state index contributed by atoms with van der Waals surface area (Å²) < 4.78 is 28.6. The van der Waals surface area contributed by atoms with Crippen LogP contribution >= 0.6 is 15.9 Å². The summed E-state index contributed by atoms with van der Waals surface area (Å²) in [5, 5.41) is 7.95. The second-order valence-corrected chi connectivity index (χ2v) is 8.76. The Balaban J connectivity index is 1.62. The van der Waals surface area contributed by atoms with Crippen molar-refractivity contribution in [2.24, 2.45) is 0 Å². The lowest BCUT2D eigenvalue weighted by molar-refractivity contribution is 0.222. The van der Waals surface area contributed by atoms with Crippen molar-refractivity contribution in [1.29, 1.82) is 0 Å². The molecule has 0 aliphatic carbocycles. The lowest BCUT2D eigenvalue weighted by atomic mass is 9.84. The third kappa shape index (κ3) is 3.29. The van der Waals surface area contributed by atoms with Gasteiger partial charge in [-0.3, -0.25) is 0 Å². The molecule has 0 spiro atoms. The van der Waals surface area contributed by atoms with E-state index in [0.717, 1.165) is 32.4 Å². The molecule has 164 valence electrons. The first-order valence-corrected chi connectivity index (χ1v) is 11.2. The molecular formula is C25H18BrFN4O2. The average Bonchev–Trinajstić information content (AvgIpc) is 3.31. The summed E-state index contributed by atoms with van der Waals surface area (Å²) in [7, 11) is 1.63. The van der Waals surface area contributed by atoms with E-state index in [1.54, 1.807) is 19.2 Å². The lowest BCUT2D eigenvalue weighted by Crippen LogP contribution is -2.32. The fraction of sp³-hybridized carbons (Fsp3) is 0.120. The predicted molar refractivity (Wildman–Crippen MR) is 126 cm³/mol. The maximum atomic E-state index is 13.8. The Morgan fingerprint density at radius 1 is 1.03 bits per heavy atom. The Bertz CT molecular complexity index is 1380. The van der Waals surface area contributed by atoms with Crippen LogP contribution in [0.25, 0.3) is 5.70 Å². The largest absolute Gasteiger partial charge is 0.497 e. The first kappa shape index (κ1) is 20.0. The number of rotatable bonds is 3. The molecule has 3 heterocycles. The van der Waals surface area contributed by atoms with Gasteiger partial charge in [0, 0.05) is 21.7 Å². The Morgan fingerprint density at radius 3 is 2.55 bits per heavy atom. The highest BCUT2D eigenvalue weighted by Crippen LogP contribution is 2.51. The number of ether oxygens (including phenoxy) is 2. The van der Waals surface area contributed by atoms with Gasteiger partial charge in [0.2, 0.25) is 5.95 Å². The van der Waals surface area contributed by atoms with Gasteiger partial charge in [0.15, 0.2) is 0 Å². The SMILES string of the molecule is COc1ccc2c(c1)O[C@@H](c1ccc(Br)cc1)C1=C2Nc2ncnn2[C@@H]1c1ccc(F)cc1. The standard InChI is InChI=1S/C25H18BrFN4O2/c1-32-18-10-11-19-20(12-18)33-24(15-2-6-16(26)7-3-15)21-22(19)30-25-28-13-29-31(25)23(21)14-4-8-17(27)9-5-14/h2-13,23-24H,1H3,(H,28,29,30)/t23-,24+/m1/s1. The zero-order chi connectivity index (χ0) is 22.5. The quantitative estimate of drug-likeness (QED) is 0.385. The summed E-state index contributed by atoms with van der Waals surface area (Å²) in [5.74, 6) is 1.74. The van der Waals surface area contributed by atoms with E-state index >= 15 is 0 Å². The molecular weight excluding hydrogens is 487 g/mol. The molecule has 0 saturated carbocycles. The highest BCUT2D eigenvalue weighted by molar-refractivity contribution is 9.10. The van der Waals surface area contributed by atoms with Crippen LogP contribution in [-0.4, -0.2) is 21.9 Å². The molecule has 2 aliphatic heterocycles. The minimum atomic E-state index is -0.410. The van der Waals surface area contributed by atoms with Gasteiger partial charge in [-0.2, -0.15) is 10.1 Å². The maximum absolute atomic E-state index is 13.8. The van der Waals surface area contributed by atoms with Gasteiger partial charge < -0.3 is 14.8 Å². The molecule has 6 rings (SSSR count). The summed E-state index contributed by atoms with van der Waals surface area (Å²) in [5.41, 5.74) is 4.65. The summed E-state index contributed by atoms with van der Waals surface area (Å²) in [4.78, 5) is 4.42. The van der Waals surface area contributed by atoms with Gasteiger partial charge in [0.25, 0.3) is 0 Å². The molecule has 2 aliphatic rings. The normalized spacial score (nSPS) is 18.5. The highest BCUT2D eigenvalue weighted by atomic mass is 79.9. The molecule has 4 aromatic rings. The molecule has 0 radical (unpaired) electrons. The van der Waals surface area contributed by atoms with E-state index in [1.165, 1.54) is 18.5 Å². The van der Waals surface area contributed by atoms with Gasteiger partial charge in [0.05, 0.1) is 12.8 Å². The van der Waals surface area contributed by atoms with Gasteiger partial charge in [-0.05, 0) is 47.5 Å². The zero-order valence-corrected chi connectivity index (χ0v) is 19.1. The number of fused-ring (bicyclic) bond motifs is 3. The monoisotopic (exact) mass is 504 g/mol. The van der Waals surface area contributed by atoms with Crippen LogP contribution in [0.5, 0.6) is 11.5 Å². The average molecular weight is 505 g/mol. The van der Waals surface area contributed by atoms with Crippen molar-refractivity contribution in [2.75, 3.05) is 12.4 Å². The van der Waals surface area contributed by atoms with Gasteiger partial charge in [-0.25, -0.2) is 9.07 Å². The van der Waals surface area contributed by atoms with Crippen LogP contribution in [0.1, 0.15) is 28.8 Å². The lowest BCUT2D eigenvalue weighted by Gasteiger charge is -2.39. The fourth-order valence-corrected chi connectivity index (χ4v) is 4.72. The van der Waals surface area contributed by atoms with E-state index in [-0.39, 0.29) is 11.9 Å². The number of hydrogen-bond donors (Lipinski definition) is 1. The summed E-state index contributed by atoms with van der Waals surface area (Å²) in [6, 6.07) is 20.0. The van der Waals surface area contributed by atoms with Crippen molar-refractivity contribution in [3.63, 3.8) is 0 Å². The molecule has 0 unspecified atom stereocenters. The molecule has 3 aromatic carbocycles. The van der Waals surface area contributed by atoms with Gasteiger partial charge >= 0.3 is 0 Å². The number of methoxy groups -OCH3 is 1. The zero-order valence-electron chi connectivity index (χ0n) is 17.5. The van der Waals surface area contributed by atoms with Crippen molar-refractivity contribution in [1.82, 2.24) is 14.8 Å². The molecule has 0 amide bonds. The number of aromatic nitrogens is 3. The molecule has 2 atom stereocenters. The minimum Gasteiger partial charge on any atom is -0.497 e. The Hall–Kier alpha value is -3.65. The van der Waals surface area contributed by atoms with E-state index in [4.69, 9.17) is 9.47 Å². The van der Waals surface area contributed by atoms with E-state index in [1.807, 2.05) is 47.1 Å². The number of nitrogens with one attached hydrogen (secondary N) is 1. The van der Waals surface area contributed by atoms with Gasteiger partial charge in [-0.15, -0.1) is 0 Å². The summed E-state index contributed by atoms with van der Waals surface area (Å²) in [6.45, 7) is 0. The topological polar surface area (TPSA) is 61.2 Å². The molecule has 6 nitrogen and oxygen atoms in total. The van der Waals surface area contributed by atoms with E-state index in [9.17, 15) is 4.39 Å². The predicted octanol–water partition coefficient (Wildman–Crippen LogP) is 5.75. The van der Waals surface area contributed by atoms with Crippen LogP contribution in [0.15, 0.2) is 83.1 Å². The van der Waals surface area contributed by atoms with E-state index in [2.05, 4.69) is 31.3 Å². The second kappa shape index (κ2) is 7.74. The molecule has 0 saturated heterocycles. The van der Waals surface area contributed by atoms with Crippen LogP contribution in [0.3, 0.4) is 0 Å². The van der Waals surface area contributed by atoms with Gasteiger partial charge in [-0.1, -0.05) is 40.2 Å². The van der Waals surface area contributed by atoms with Crippen LogP contribution in [0, 0.1) is 5.82 Å². The number of hydrogen-bond acceptors (Lipinski definition) is 5. The minimum absolute atomic E-state index is 0.289. The van der Waals surface area contributed by atoms with E-state index < -0.39 is 6.10 Å². The molecule has 8 heteroatoms. The third-order valence-electron chi connectivity index (χ3n) is 5.98. The highest BCUT2D eigenvalue weighted by Gasteiger charge is 2.41. The van der Waals surface area contributed by atoms with Crippen molar-refractivity contribution in [2.45, 2.75) is 12.1 Å². The molecule has 0 fully saturated rings. The number of benzene rings is 3. The number of halogens is 2. The Morgan fingerprint density at radius 2 is 1.79 bits per heavy atom. The van der Waals surface area contributed by atoms with Crippen molar-refractivity contribution in [3.05, 3.63) is 106 Å². The number of anilines is 1. The molecule has 33 heavy (non-hydrogen) atoms. The molecule has 1 aromatic heterocycles. The first-order valence-electron chi connectivity index (χ1n) is 10.4. The van der Waals surface area contributed by atoms with Crippen LogP contribution in [0.2, 0.25) is 0 Å².